The topological polar surface area (TPSA) is 70.2 Å². The van der Waals surface area contributed by atoms with Gasteiger partial charge in [-0.1, -0.05) is 55.5 Å². The maximum atomic E-state index is 12.6. The molecule has 0 spiro atoms. The van der Waals surface area contributed by atoms with Crippen molar-refractivity contribution in [3.63, 3.8) is 0 Å². The Morgan fingerprint density at radius 3 is 2.00 bits per heavy atom. The van der Waals surface area contributed by atoms with Gasteiger partial charge in [0.2, 0.25) is 0 Å². The van der Waals surface area contributed by atoms with Gasteiger partial charge in [-0.15, -0.1) is 0 Å². The van der Waals surface area contributed by atoms with Gasteiger partial charge in [-0.2, -0.15) is 0 Å². The van der Waals surface area contributed by atoms with Gasteiger partial charge in [0.25, 0.3) is 11.8 Å². The van der Waals surface area contributed by atoms with Crippen LogP contribution in [0, 0.1) is 5.92 Å². The van der Waals surface area contributed by atoms with Gasteiger partial charge >= 0.3 is 0 Å². The average Bonchev–Trinajstić information content (AvgIpc) is 2.89. The number of rotatable bonds is 5. The van der Waals surface area contributed by atoms with Crippen LogP contribution >= 0.6 is 0 Å². The molecule has 1 aliphatic rings. The summed E-state index contributed by atoms with van der Waals surface area (Å²) in [5.41, 5.74) is 6.22. The third-order valence-electron chi connectivity index (χ3n) is 6.38. The molecule has 4 aromatic rings. The molecule has 1 aliphatic heterocycles. The van der Waals surface area contributed by atoms with E-state index in [0.717, 1.165) is 29.0 Å². The molecule has 5 heteroatoms. The lowest BCUT2D eigenvalue weighted by Gasteiger charge is -2.33. The van der Waals surface area contributed by atoms with Crippen LogP contribution in [-0.2, 0) is 6.42 Å². The molecule has 0 aromatic heterocycles. The summed E-state index contributed by atoms with van der Waals surface area (Å²) in [6.45, 7) is 2.21. The highest BCUT2D eigenvalue weighted by atomic mass is 16.2. The van der Waals surface area contributed by atoms with Crippen molar-refractivity contribution in [3.05, 3.63) is 125 Å². The number of para-hydroxylation sites is 1. The van der Waals surface area contributed by atoms with E-state index in [0.29, 0.717) is 17.0 Å². The monoisotopic (exact) mass is 461 g/mol. The number of anilines is 3. The Kier molecular flexibility index (Phi) is 6.31. The quantitative estimate of drug-likeness (QED) is 0.316. The van der Waals surface area contributed by atoms with Crippen LogP contribution in [0.15, 0.2) is 103 Å². The molecule has 5 nitrogen and oxygen atoms in total. The number of carbonyl (C=O) groups excluding carboxylic acids is 2. The largest absolute Gasteiger partial charge is 0.378 e. The maximum absolute atomic E-state index is 12.6. The molecule has 174 valence electrons. The van der Waals surface area contributed by atoms with Crippen LogP contribution in [0.5, 0.6) is 0 Å². The number of amides is 2. The van der Waals surface area contributed by atoms with Gasteiger partial charge in [0, 0.05) is 28.2 Å². The van der Waals surface area contributed by atoms with Crippen molar-refractivity contribution in [2.45, 2.75) is 19.4 Å². The highest BCUT2D eigenvalue weighted by Crippen LogP contribution is 2.37. The number of benzene rings is 4. The summed E-state index contributed by atoms with van der Waals surface area (Å²) in [6.07, 6.45) is 0.887. The minimum Gasteiger partial charge on any atom is -0.378 e. The Labute approximate surface area is 205 Å². The molecule has 35 heavy (non-hydrogen) atoms. The van der Waals surface area contributed by atoms with Crippen LogP contribution in [0.1, 0.15) is 44.8 Å². The third kappa shape index (κ3) is 5.09. The van der Waals surface area contributed by atoms with Gasteiger partial charge in [0.05, 0.1) is 6.04 Å². The lowest BCUT2D eigenvalue weighted by Crippen LogP contribution is -2.26. The molecule has 2 amide bonds. The first-order valence-corrected chi connectivity index (χ1v) is 11.8. The van der Waals surface area contributed by atoms with Crippen molar-refractivity contribution in [1.82, 2.24) is 0 Å². The summed E-state index contributed by atoms with van der Waals surface area (Å²) in [5.74, 6) is 0.103. The summed E-state index contributed by atoms with van der Waals surface area (Å²) in [5, 5.41) is 9.57. The molecule has 0 saturated carbocycles. The van der Waals surface area contributed by atoms with E-state index in [1.165, 1.54) is 5.56 Å². The van der Waals surface area contributed by atoms with Crippen molar-refractivity contribution in [3.8, 4) is 0 Å². The summed E-state index contributed by atoms with van der Waals surface area (Å²) < 4.78 is 0. The highest BCUT2D eigenvalue weighted by Gasteiger charge is 2.26. The van der Waals surface area contributed by atoms with E-state index < -0.39 is 0 Å². The fraction of sp³-hybridized carbons (Fsp3) is 0.133. The van der Waals surface area contributed by atoms with E-state index in [-0.39, 0.29) is 17.9 Å². The lowest BCUT2D eigenvalue weighted by molar-refractivity contribution is 0.101. The highest BCUT2D eigenvalue weighted by molar-refractivity contribution is 6.05. The van der Waals surface area contributed by atoms with Crippen LogP contribution in [0.25, 0.3) is 0 Å². The van der Waals surface area contributed by atoms with Gasteiger partial charge in [0.15, 0.2) is 0 Å². The Balaban J connectivity index is 1.27. The predicted octanol–water partition coefficient (Wildman–Crippen LogP) is 6.54. The van der Waals surface area contributed by atoms with Gasteiger partial charge in [-0.25, -0.2) is 0 Å². The summed E-state index contributed by atoms with van der Waals surface area (Å²) in [6, 6.07) is 32.6. The van der Waals surface area contributed by atoms with Gasteiger partial charge in [-0.3, -0.25) is 9.59 Å². The lowest BCUT2D eigenvalue weighted by atomic mass is 9.84. The molecule has 3 N–H and O–H groups in total. The second kappa shape index (κ2) is 9.85. The molecule has 0 radical (unpaired) electrons. The molecule has 2 atom stereocenters. The summed E-state index contributed by atoms with van der Waals surface area (Å²) >= 11 is 0. The second-order valence-corrected chi connectivity index (χ2v) is 8.94. The standard InChI is InChI=1S/C30H27N3O2/c1-20-18-24-19-26(32-29(34)22-8-4-2-5-9-22)16-17-27(24)33-28(20)21-12-14-23(15-13-21)30(35)31-25-10-6-3-7-11-25/h2-17,19-20,28,33H,18H2,1H3,(H,31,35)(H,32,34). The Morgan fingerprint density at radius 1 is 0.714 bits per heavy atom. The SMILES string of the molecule is CC1Cc2cc(NC(=O)c3ccccc3)ccc2NC1c1ccc(C(=O)Nc2ccccc2)cc1. The van der Waals surface area contributed by atoms with Crippen LogP contribution in [0.3, 0.4) is 0 Å². The minimum atomic E-state index is -0.122. The smallest absolute Gasteiger partial charge is 0.255 e. The molecule has 4 aromatic carbocycles. The zero-order valence-electron chi connectivity index (χ0n) is 19.5. The fourth-order valence-electron chi connectivity index (χ4n) is 4.53. The molecular formula is C30H27N3O2. The molecule has 0 fully saturated rings. The Morgan fingerprint density at radius 2 is 1.31 bits per heavy atom. The van der Waals surface area contributed by atoms with Crippen LogP contribution in [0.2, 0.25) is 0 Å². The maximum Gasteiger partial charge on any atom is 0.255 e. The zero-order valence-corrected chi connectivity index (χ0v) is 19.5. The minimum absolute atomic E-state index is 0.114. The zero-order chi connectivity index (χ0) is 24.2. The Hall–Kier alpha value is -4.38. The number of carbonyl (C=O) groups is 2. The molecule has 2 unspecified atom stereocenters. The van der Waals surface area contributed by atoms with E-state index in [4.69, 9.17) is 0 Å². The molecule has 0 aliphatic carbocycles. The normalized spacial score (nSPS) is 16.5. The van der Waals surface area contributed by atoms with Gasteiger partial charge < -0.3 is 16.0 Å². The van der Waals surface area contributed by atoms with Gasteiger partial charge in [0.1, 0.15) is 0 Å². The van der Waals surface area contributed by atoms with Crippen molar-refractivity contribution in [2.24, 2.45) is 5.92 Å². The van der Waals surface area contributed by atoms with E-state index in [1.54, 1.807) is 12.1 Å². The van der Waals surface area contributed by atoms with Crippen LogP contribution in [0.4, 0.5) is 17.1 Å². The van der Waals surface area contributed by atoms with E-state index >= 15 is 0 Å². The summed E-state index contributed by atoms with van der Waals surface area (Å²) in [7, 11) is 0. The second-order valence-electron chi connectivity index (χ2n) is 8.94. The molecule has 5 rings (SSSR count). The van der Waals surface area contributed by atoms with Gasteiger partial charge in [-0.05, 0) is 78.1 Å². The Bertz CT molecular complexity index is 1340. The number of fused-ring (bicyclic) bond motifs is 1. The number of nitrogens with one attached hydrogen (secondary N) is 3. The number of hydrogen-bond donors (Lipinski definition) is 3. The molecule has 0 bridgehead atoms. The first-order valence-electron chi connectivity index (χ1n) is 11.8. The predicted molar refractivity (Wildman–Crippen MR) is 141 cm³/mol. The van der Waals surface area contributed by atoms with Crippen molar-refractivity contribution >= 4 is 28.9 Å². The molecule has 0 saturated heterocycles. The fourth-order valence-corrected chi connectivity index (χ4v) is 4.53. The number of hydrogen-bond acceptors (Lipinski definition) is 3. The molecular weight excluding hydrogens is 434 g/mol. The van der Waals surface area contributed by atoms with E-state index in [1.807, 2.05) is 91.0 Å². The van der Waals surface area contributed by atoms with Crippen molar-refractivity contribution in [2.75, 3.05) is 16.0 Å². The molecule has 1 heterocycles. The third-order valence-corrected chi connectivity index (χ3v) is 6.38. The summed E-state index contributed by atoms with van der Waals surface area (Å²) in [4.78, 5) is 25.1. The van der Waals surface area contributed by atoms with E-state index in [9.17, 15) is 9.59 Å². The van der Waals surface area contributed by atoms with E-state index in [2.05, 4.69) is 22.9 Å². The van der Waals surface area contributed by atoms with Crippen LogP contribution in [-0.4, -0.2) is 11.8 Å². The van der Waals surface area contributed by atoms with Crippen molar-refractivity contribution < 1.29 is 9.59 Å². The van der Waals surface area contributed by atoms with Crippen molar-refractivity contribution in [1.29, 1.82) is 0 Å². The first-order chi connectivity index (χ1) is 17.1. The van der Waals surface area contributed by atoms with Crippen LogP contribution < -0.4 is 16.0 Å². The average molecular weight is 462 g/mol. The first kappa shape index (κ1) is 22.4.